The first-order chi connectivity index (χ1) is 19.7. The van der Waals surface area contributed by atoms with Crippen molar-refractivity contribution in [2.45, 2.75) is 19.3 Å². The molecule has 3 atom stereocenters. The topological polar surface area (TPSA) is 42.9 Å². The molecule has 0 saturated carbocycles. The molecule has 3 nitrogen and oxygen atoms in total. The average molecular weight is 519 g/mol. The van der Waals surface area contributed by atoms with Gasteiger partial charge in [-0.15, -0.1) is 0 Å². The molecule has 0 radical (unpaired) electrons. The summed E-state index contributed by atoms with van der Waals surface area (Å²) in [5.41, 5.74) is 9.57. The molecule has 3 unspecified atom stereocenters. The van der Waals surface area contributed by atoms with Crippen LogP contribution in [-0.2, 0) is 6.42 Å². The van der Waals surface area contributed by atoms with E-state index in [0.717, 1.165) is 64.0 Å². The highest BCUT2D eigenvalue weighted by Crippen LogP contribution is 2.39. The number of carbonyl (C=O) groups is 1. The Kier molecular flexibility index (Phi) is 6.41. The van der Waals surface area contributed by atoms with Crippen molar-refractivity contribution in [1.29, 1.82) is 0 Å². The minimum absolute atomic E-state index is 0.131. The van der Waals surface area contributed by atoms with Crippen molar-refractivity contribution in [2.24, 2.45) is 17.8 Å². The largest absolute Gasteiger partial charge is 0.293 e. The number of Topliss-reactive ketones (excluding diaryl/α,β-unsaturated/α-hetero) is 1. The predicted octanol–water partition coefficient (Wildman–Crippen LogP) is 8.33. The van der Waals surface area contributed by atoms with Gasteiger partial charge in [-0.2, -0.15) is 0 Å². The number of benzene rings is 2. The standard InChI is InChI=1S/C37H30N2O/c40-37-33-23-29(27-7-5-9-31(21-27)35-11-1-3-19-38-35)17-15-25(33)13-14-26-16-18-30(24-34(26)37)28-8-6-10-32(22-28)36-12-2-4-20-39-36/h1-7,9-12,15-24,26,28,34H,8,13-14H2. The molecule has 40 heavy (non-hydrogen) atoms. The Balaban J connectivity index is 1.20. The van der Waals surface area contributed by atoms with E-state index < -0.39 is 0 Å². The van der Waals surface area contributed by atoms with E-state index in [-0.39, 0.29) is 23.5 Å². The molecular formula is C37H30N2O. The number of nitrogens with zero attached hydrogens (tertiary/aromatic N) is 2. The van der Waals surface area contributed by atoms with Gasteiger partial charge in [-0.1, -0.05) is 78.9 Å². The van der Waals surface area contributed by atoms with E-state index in [4.69, 9.17) is 0 Å². The van der Waals surface area contributed by atoms with Gasteiger partial charge >= 0.3 is 0 Å². The van der Waals surface area contributed by atoms with E-state index in [9.17, 15) is 4.79 Å². The van der Waals surface area contributed by atoms with Crippen LogP contribution >= 0.6 is 0 Å². The highest BCUT2D eigenvalue weighted by Gasteiger charge is 2.33. The number of hydrogen-bond donors (Lipinski definition) is 0. The van der Waals surface area contributed by atoms with Gasteiger partial charge in [0.15, 0.2) is 5.78 Å². The van der Waals surface area contributed by atoms with Gasteiger partial charge in [0, 0.05) is 35.4 Å². The van der Waals surface area contributed by atoms with Crippen molar-refractivity contribution in [1.82, 2.24) is 9.97 Å². The number of fused-ring (bicyclic) bond motifs is 2. The second kappa shape index (κ2) is 10.5. The van der Waals surface area contributed by atoms with Crippen molar-refractivity contribution < 1.29 is 4.79 Å². The van der Waals surface area contributed by atoms with Crippen LogP contribution in [0.5, 0.6) is 0 Å². The van der Waals surface area contributed by atoms with Gasteiger partial charge in [0.2, 0.25) is 0 Å². The van der Waals surface area contributed by atoms with E-state index in [2.05, 4.69) is 95.0 Å². The second-order valence-electron chi connectivity index (χ2n) is 10.9. The lowest BCUT2D eigenvalue weighted by Gasteiger charge is -2.27. The lowest BCUT2D eigenvalue weighted by atomic mass is 9.77. The van der Waals surface area contributed by atoms with Crippen molar-refractivity contribution >= 4 is 11.4 Å². The van der Waals surface area contributed by atoms with Crippen molar-refractivity contribution in [2.75, 3.05) is 0 Å². The summed E-state index contributed by atoms with van der Waals surface area (Å²) in [7, 11) is 0. The fraction of sp³-hybridized carbons (Fsp3) is 0.162. The first-order valence-electron chi connectivity index (χ1n) is 14.1. The molecule has 0 aliphatic heterocycles. The third kappa shape index (κ3) is 4.69. The van der Waals surface area contributed by atoms with Crippen molar-refractivity contribution in [3.05, 3.63) is 150 Å². The molecule has 2 aromatic heterocycles. The summed E-state index contributed by atoms with van der Waals surface area (Å²) in [6, 6.07) is 26.8. The number of hydrogen-bond acceptors (Lipinski definition) is 3. The average Bonchev–Trinajstić information content (AvgIpc) is 3.17. The van der Waals surface area contributed by atoms with Crippen LogP contribution in [-0.4, -0.2) is 15.8 Å². The van der Waals surface area contributed by atoms with E-state index in [1.807, 2.05) is 42.7 Å². The zero-order valence-electron chi connectivity index (χ0n) is 22.3. The van der Waals surface area contributed by atoms with Crippen LogP contribution in [0.3, 0.4) is 0 Å². The van der Waals surface area contributed by atoms with Gasteiger partial charge in [0.25, 0.3) is 0 Å². The minimum atomic E-state index is -0.131. The molecule has 0 amide bonds. The summed E-state index contributed by atoms with van der Waals surface area (Å²) in [6.07, 6.45) is 20.0. The Morgan fingerprint density at radius 2 is 1.52 bits per heavy atom. The molecule has 0 bridgehead atoms. The monoisotopic (exact) mass is 518 g/mol. The van der Waals surface area contributed by atoms with Crippen LogP contribution in [0.2, 0.25) is 0 Å². The minimum Gasteiger partial charge on any atom is -0.293 e. The number of pyridine rings is 2. The second-order valence-corrected chi connectivity index (χ2v) is 10.9. The highest BCUT2D eigenvalue weighted by atomic mass is 16.1. The Labute approximate surface area is 235 Å². The SMILES string of the molecule is O=C1c2cc(-c3cccc(-c4ccccn4)c3)ccc2CCC2C=CC(C3C=C(c4ccccn4)C=CC3)=CC12. The highest BCUT2D eigenvalue weighted by molar-refractivity contribution is 6.02. The number of rotatable bonds is 4. The molecule has 194 valence electrons. The molecule has 0 spiro atoms. The lowest BCUT2D eigenvalue weighted by Crippen LogP contribution is -2.23. The Hall–Kier alpha value is -4.63. The third-order valence-electron chi connectivity index (χ3n) is 8.41. The van der Waals surface area contributed by atoms with Gasteiger partial charge in [-0.3, -0.25) is 14.8 Å². The van der Waals surface area contributed by atoms with Crippen LogP contribution < -0.4 is 0 Å². The fourth-order valence-electron chi connectivity index (χ4n) is 6.25. The maximum atomic E-state index is 14.1. The van der Waals surface area contributed by atoms with Crippen LogP contribution in [0.1, 0.15) is 34.5 Å². The van der Waals surface area contributed by atoms with Gasteiger partial charge in [-0.05, 0) is 89.4 Å². The van der Waals surface area contributed by atoms with Crippen LogP contribution in [0, 0.1) is 17.8 Å². The molecule has 0 saturated heterocycles. The molecule has 4 aromatic rings. The van der Waals surface area contributed by atoms with Gasteiger partial charge < -0.3 is 0 Å². The van der Waals surface area contributed by atoms with Crippen LogP contribution in [0.25, 0.3) is 28.0 Å². The van der Waals surface area contributed by atoms with Gasteiger partial charge in [0.1, 0.15) is 0 Å². The smallest absolute Gasteiger partial charge is 0.170 e. The van der Waals surface area contributed by atoms with Gasteiger partial charge in [-0.25, -0.2) is 0 Å². The van der Waals surface area contributed by atoms with Crippen LogP contribution in [0.15, 0.2) is 133 Å². The number of aryl methyl sites for hydroxylation is 1. The van der Waals surface area contributed by atoms with Crippen molar-refractivity contribution in [3.63, 3.8) is 0 Å². The fourth-order valence-corrected chi connectivity index (χ4v) is 6.25. The summed E-state index contributed by atoms with van der Waals surface area (Å²) in [4.78, 5) is 23.2. The molecule has 2 heterocycles. The normalized spacial score (nSPS) is 21.6. The Bertz CT molecular complexity index is 1690. The summed E-state index contributed by atoms with van der Waals surface area (Å²) in [6.45, 7) is 0. The first-order valence-corrected chi connectivity index (χ1v) is 14.1. The molecule has 2 aromatic carbocycles. The zero-order chi connectivity index (χ0) is 26.9. The third-order valence-corrected chi connectivity index (χ3v) is 8.41. The molecular weight excluding hydrogens is 488 g/mol. The van der Waals surface area contributed by atoms with Crippen molar-refractivity contribution in [3.8, 4) is 22.4 Å². The zero-order valence-corrected chi connectivity index (χ0v) is 22.3. The summed E-state index contributed by atoms with van der Waals surface area (Å²) < 4.78 is 0. The number of aromatic nitrogens is 2. The number of carbonyl (C=O) groups excluding carboxylic acids is 1. The molecule has 7 rings (SSSR count). The van der Waals surface area contributed by atoms with E-state index in [1.165, 1.54) is 5.57 Å². The number of allylic oxidation sites excluding steroid dienone is 8. The summed E-state index contributed by atoms with van der Waals surface area (Å²) in [5, 5.41) is 0. The maximum Gasteiger partial charge on any atom is 0.170 e. The number of ketones is 1. The van der Waals surface area contributed by atoms with Gasteiger partial charge in [0.05, 0.1) is 11.4 Å². The van der Waals surface area contributed by atoms with E-state index in [0.29, 0.717) is 0 Å². The Morgan fingerprint density at radius 1 is 0.725 bits per heavy atom. The Morgan fingerprint density at radius 3 is 2.35 bits per heavy atom. The molecule has 3 aliphatic rings. The van der Waals surface area contributed by atoms with E-state index in [1.54, 1.807) is 0 Å². The van der Waals surface area contributed by atoms with E-state index >= 15 is 0 Å². The predicted molar refractivity (Wildman–Crippen MR) is 161 cm³/mol. The lowest BCUT2D eigenvalue weighted by molar-refractivity contribution is 0.0923. The molecule has 0 N–H and O–H groups in total. The summed E-state index contributed by atoms with van der Waals surface area (Å²) in [5.74, 6) is 0.588. The molecule has 0 fully saturated rings. The first kappa shape index (κ1) is 24.4. The summed E-state index contributed by atoms with van der Waals surface area (Å²) >= 11 is 0. The van der Waals surface area contributed by atoms with Crippen LogP contribution in [0.4, 0.5) is 0 Å². The quantitative estimate of drug-likeness (QED) is 0.273. The maximum absolute atomic E-state index is 14.1. The molecule has 3 heteroatoms. The molecule has 3 aliphatic carbocycles.